The molecular formula is C13H20O2. The first-order valence-corrected chi connectivity index (χ1v) is 6.31. The van der Waals surface area contributed by atoms with Crippen molar-refractivity contribution < 1.29 is 9.84 Å². The van der Waals surface area contributed by atoms with E-state index in [2.05, 4.69) is 6.08 Å². The molecule has 4 unspecified atom stereocenters. The molecule has 2 fully saturated rings. The van der Waals surface area contributed by atoms with Crippen molar-refractivity contribution in [3.63, 3.8) is 0 Å². The van der Waals surface area contributed by atoms with Crippen LogP contribution in [0.1, 0.15) is 45.4 Å². The van der Waals surface area contributed by atoms with Gasteiger partial charge in [0.05, 0.1) is 5.60 Å². The third-order valence-corrected chi connectivity index (χ3v) is 4.56. The van der Waals surface area contributed by atoms with Gasteiger partial charge in [0, 0.05) is 0 Å². The molecule has 15 heavy (non-hydrogen) atoms. The van der Waals surface area contributed by atoms with E-state index < -0.39 is 6.29 Å². The van der Waals surface area contributed by atoms with Gasteiger partial charge in [-0.1, -0.05) is 13.0 Å². The Balaban J connectivity index is 1.85. The molecule has 2 bridgehead atoms. The lowest BCUT2D eigenvalue weighted by Gasteiger charge is -2.33. The summed E-state index contributed by atoms with van der Waals surface area (Å²) >= 11 is 0. The molecule has 84 valence electrons. The highest BCUT2D eigenvalue weighted by Crippen LogP contribution is 2.60. The molecule has 2 saturated carbocycles. The quantitative estimate of drug-likeness (QED) is 0.570. The number of allylic oxidation sites excluding steroid dienone is 1. The van der Waals surface area contributed by atoms with Crippen LogP contribution in [-0.4, -0.2) is 17.0 Å². The van der Waals surface area contributed by atoms with Crippen molar-refractivity contribution in [1.29, 1.82) is 0 Å². The molecule has 0 radical (unpaired) electrons. The molecule has 0 saturated heterocycles. The van der Waals surface area contributed by atoms with Crippen LogP contribution in [0.3, 0.4) is 0 Å². The summed E-state index contributed by atoms with van der Waals surface area (Å²) in [6, 6.07) is 0. The number of ether oxygens (including phenoxy) is 1. The predicted molar refractivity (Wildman–Crippen MR) is 58.3 cm³/mol. The number of hydrogen-bond acceptors (Lipinski definition) is 2. The van der Waals surface area contributed by atoms with E-state index in [9.17, 15) is 5.11 Å². The summed E-state index contributed by atoms with van der Waals surface area (Å²) in [7, 11) is 0. The zero-order chi connectivity index (χ0) is 10.5. The van der Waals surface area contributed by atoms with E-state index in [1.165, 1.54) is 31.3 Å². The molecule has 0 amide bonds. The lowest BCUT2D eigenvalue weighted by atomic mass is 9.84. The summed E-state index contributed by atoms with van der Waals surface area (Å²) in [5, 5.41) is 9.70. The highest BCUT2D eigenvalue weighted by molar-refractivity contribution is 5.33. The lowest BCUT2D eigenvalue weighted by Crippen LogP contribution is -2.35. The largest absolute Gasteiger partial charge is 0.368 e. The zero-order valence-corrected chi connectivity index (χ0v) is 9.41. The van der Waals surface area contributed by atoms with Gasteiger partial charge in [-0.3, -0.25) is 0 Å². The monoisotopic (exact) mass is 208 g/mol. The summed E-state index contributed by atoms with van der Waals surface area (Å²) < 4.78 is 5.94. The minimum Gasteiger partial charge on any atom is -0.368 e. The van der Waals surface area contributed by atoms with Crippen molar-refractivity contribution in [2.24, 2.45) is 11.8 Å². The summed E-state index contributed by atoms with van der Waals surface area (Å²) in [6.45, 7) is 1.98. The van der Waals surface area contributed by atoms with E-state index in [0.717, 1.165) is 18.3 Å². The highest BCUT2D eigenvalue weighted by atomic mass is 16.6. The van der Waals surface area contributed by atoms with E-state index in [1.807, 2.05) is 6.92 Å². The fourth-order valence-electron chi connectivity index (χ4n) is 3.91. The first-order chi connectivity index (χ1) is 7.25. The summed E-state index contributed by atoms with van der Waals surface area (Å²) in [5.41, 5.74) is 1.48. The summed E-state index contributed by atoms with van der Waals surface area (Å²) in [6.07, 6.45) is 8.67. The number of aliphatic hydroxyl groups is 1. The molecule has 0 aliphatic heterocycles. The zero-order valence-electron chi connectivity index (χ0n) is 9.41. The Labute approximate surface area is 91.3 Å². The Kier molecular flexibility index (Phi) is 2.18. The first-order valence-electron chi connectivity index (χ1n) is 6.31. The van der Waals surface area contributed by atoms with E-state index in [4.69, 9.17) is 4.74 Å². The molecule has 3 rings (SSSR count). The predicted octanol–water partition coefficient (Wildman–Crippen LogP) is 2.62. The standard InChI is InChI=1S/C13H20O2/c1-2-12(14)15-13-7-6-9(8-13)10-4-3-5-11(10)13/h5,9-10,12,14H,2-4,6-8H2,1H3. The van der Waals surface area contributed by atoms with Gasteiger partial charge in [-0.15, -0.1) is 0 Å². The molecule has 3 aliphatic carbocycles. The molecule has 0 spiro atoms. The maximum absolute atomic E-state index is 9.70. The van der Waals surface area contributed by atoms with Gasteiger partial charge in [0.2, 0.25) is 0 Å². The third-order valence-electron chi connectivity index (χ3n) is 4.56. The van der Waals surface area contributed by atoms with E-state index in [0.29, 0.717) is 6.42 Å². The fraction of sp³-hybridized carbons (Fsp3) is 0.846. The van der Waals surface area contributed by atoms with Gasteiger partial charge in [-0.25, -0.2) is 0 Å². The van der Waals surface area contributed by atoms with Crippen LogP contribution in [0.4, 0.5) is 0 Å². The molecule has 1 N–H and O–H groups in total. The van der Waals surface area contributed by atoms with Gasteiger partial charge in [-0.05, 0) is 55.9 Å². The van der Waals surface area contributed by atoms with Crippen LogP contribution in [-0.2, 0) is 4.74 Å². The van der Waals surface area contributed by atoms with E-state index in [1.54, 1.807) is 0 Å². The Hall–Kier alpha value is -0.340. The van der Waals surface area contributed by atoms with Crippen LogP contribution >= 0.6 is 0 Å². The second-order valence-electron chi connectivity index (χ2n) is 5.32. The van der Waals surface area contributed by atoms with Gasteiger partial charge in [0.15, 0.2) is 6.29 Å². The van der Waals surface area contributed by atoms with Crippen LogP contribution in [0.15, 0.2) is 11.6 Å². The van der Waals surface area contributed by atoms with Crippen molar-refractivity contribution in [2.45, 2.75) is 57.3 Å². The van der Waals surface area contributed by atoms with Crippen molar-refractivity contribution >= 4 is 0 Å². The Morgan fingerprint density at radius 3 is 3.27 bits per heavy atom. The number of rotatable bonds is 3. The average molecular weight is 208 g/mol. The maximum Gasteiger partial charge on any atom is 0.155 e. The third kappa shape index (κ3) is 1.31. The Morgan fingerprint density at radius 2 is 2.47 bits per heavy atom. The summed E-state index contributed by atoms with van der Waals surface area (Å²) in [5.74, 6) is 1.64. The number of aliphatic hydroxyl groups excluding tert-OH is 1. The van der Waals surface area contributed by atoms with Crippen LogP contribution in [0, 0.1) is 11.8 Å². The molecule has 2 heteroatoms. The van der Waals surface area contributed by atoms with E-state index >= 15 is 0 Å². The van der Waals surface area contributed by atoms with Gasteiger partial charge in [0.25, 0.3) is 0 Å². The molecular weight excluding hydrogens is 188 g/mol. The topological polar surface area (TPSA) is 29.5 Å². The Bertz CT molecular complexity index is 297. The van der Waals surface area contributed by atoms with Crippen molar-refractivity contribution in [3.8, 4) is 0 Å². The lowest BCUT2D eigenvalue weighted by molar-refractivity contribution is -0.167. The molecule has 2 nitrogen and oxygen atoms in total. The SMILES string of the molecule is CCC(O)OC12CCC(C1)C1CCC=C12. The van der Waals surface area contributed by atoms with Gasteiger partial charge < -0.3 is 9.84 Å². The van der Waals surface area contributed by atoms with Crippen LogP contribution in [0.5, 0.6) is 0 Å². The average Bonchev–Trinajstić information content (AvgIpc) is 2.87. The van der Waals surface area contributed by atoms with Gasteiger partial charge in [0.1, 0.15) is 0 Å². The van der Waals surface area contributed by atoms with Crippen molar-refractivity contribution in [2.75, 3.05) is 0 Å². The second-order valence-corrected chi connectivity index (χ2v) is 5.32. The van der Waals surface area contributed by atoms with E-state index in [-0.39, 0.29) is 5.60 Å². The second kappa shape index (κ2) is 3.33. The molecule has 0 heterocycles. The highest BCUT2D eigenvalue weighted by Gasteiger charge is 2.56. The van der Waals surface area contributed by atoms with Crippen LogP contribution in [0.2, 0.25) is 0 Å². The molecule has 0 aromatic carbocycles. The summed E-state index contributed by atoms with van der Waals surface area (Å²) in [4.78, 5) is 0. The minimum atomic E-state index is -0.566. The van der Waals surface area contributed by atoms with Gasteiger partial charge in [-0.2, -0.15) is 0 Å². The Morgan fingerprint density at radius 1 is 1.60 bits per heavy atom. The molecule has 3 aliphatic rings. The normalized spacial score (nSPS) is 44.3. The van der Waals surface area contributed by atoms with Crippen LogP contribution < -0.4 is 0 Å². The van der Waals surface area contributed by atoms with Gasteiger partial charge >= 0.3 is 0 Å². The number of hydrogen-bond donors (Lipinski definition) is 1. The fourth-order valence-corrected chi connectivity index (χ4v) is 3.91. The smallest absolute Gasteiger partial charge is 0.155 e. The number of fused-ring (bicyclic) bond motifs is 5. The minimum absolute atomic E-state index is 0.0543. The molecule has 0 aromatic heterocycles. The maximum atomic E-state index is 9.70. The van der Waals surface area contributed by atoms with Crippen molar-refractivity contribution in [3.05, 3.63) is 11.6 Å². The van der Waals surface area contributed by atoms with Crippen molar-refractivity contribution in [1.82, 2.24) is 0 Å². The molecule has 0 aromatic rings. The molecule has 4 atom stereocenters. The van der Waals surface area contributed by atoms with Crippen LogP contribution in [0.25, 0.3) is 0 Å². The first kappa shape index (κ1) is 9.86.